The molecular weight excluding hydrogens is 413 g/mol. The van der Waals surface area contributed by atoms with E-state index in [4.69, 9.17) is 9.84 Å². The lowest BCUT2D eigenvalue weighted by Gasteiger charge is -2.12. The van der Waals surface area contributed by atoms with Crippen molar-refractivity contribution in [3.8, 4) is 5.75 Å². The molecule has 0 radical (unpaired) electrons. The third kappa shape index (κ3) is 4.97. The van der Waals surface area contributed by atoms with Crippen LogP contribution in [-0.4, -0.2) is 35.0 Å². The molecule has 2 aromatic carbocycles. The van der Waals surface area contributed by atoms with Gasteiger partial charge in [0, 0.05) is 10.9 Å². The number of aliphatic carboxylic acids is 1. The van der Waals surface area contributed by atoms with E-state index in [-0.39, 0.29) is 28.4 Å². The van der Waals surface area contributed by atoms with Crippen LogP contribution in [0, 0.1) is 5.82 Å². The molecule has 0 bridgehead atoms. The summed E-state index contributed by atoms with van der Waals surface area (Å²) in [4.78, 5) is 40.0. The zero-order valence-corrected chi connectivity index (χ0v) is 16.5. The Balaban J connectivity index is 1.81. The molecule has 0 saturated heterocycles. The van der Waals surface area contributed by atoms with Crippen molar-refractivity contribution in [2.45, 2.75) is 6.42 Å². The number of carboxylic acids is 1. The van der Waals surface area contributed by atoms with Gasteiger partial charge in [0.25, 0.3) is 0 Å². The topological polar surface area (TPSA) is 118 Å². The normalized spacial score (nSPS) is 10.3. The number of halogens is 1. The number of amides is 2. The first-order chi connectivity index (χ1) is 14.4. The Morgan fingerprint density at radius 1 is 1.13 bits per heavy atom. The van der Waals surface area contributed by atoms with E-state index >= 15 is 0 Å². The number of carboxylic acid groups (broad SMARTS) is 1. The Kier molecular flexibility index (Phi) is 6.38. The molecule has 0 spiro atoms. The summed E-state index contributed by atoms with van der Waals surface area (Å²) < 4.78 is 19.0. The third-order valence-corrected chi connectivity index (χ3v) is 4.74. The van der Waals surface area contributed by atoms with Gasteiger partial charge < -0.3 is 15.2 Å². The van der Waals surface area contributed by atoms with Crippen LogP contribution in [0.5, 0.6) is 5.75 Å². The Labute approximate surface area is 174 Å². The number of ketones is 1. The molecule has 3 rings (SSSR count). The van der Waals surface area contributed by atoms with Crippen LogP contribution in [0.25, 0.3) is 0 Å². The summed E-state index contributed by atoms with van der Waals surface area (Å²) in [6.45, 7) is 0. The van der Waals surface area contributed by atoms with Crippen LogP contribution in [0.2, 0.25) is 0 Å². The average molecular weight is 429 g/mol. The van der Waals surface area contributed by atoms with Gasteiger partial charge in [0.15, 0.2) is 10.9 Å². The number of nitrogens with zero attached hydrogens (tertiary/aromatic N) is 1. The summed E-state index contributed by atoms with van der Waals surface area (Å²) in [6.07, 6.45) is -0.277. The van der Waals surface area contributed by atoms with Crippen molar-refractivity contribution in [1.82, 2.24) is 4.98 Å². The number of benzene rings is 2. The zero-order valence-electron chi connectivity index (χ0n) is 15.6. The second kappa shape index (κ2) is 9.14. The molecular formula is C20H16FN3O5S. The third-order valence-electron chi connectivity index (χ3n) is 3.93. The number of hydrogen-bond donors (Lipinski definition) is 3. The highest BCUT2D eigenvalue weighted by Gasteiger charge is 2.19. The minimum Gasteiger partial charge on any atom is -0.496 e. The second-order valence-corrected chi connectivity index (χ2v) is 6.87. The van der Waals surface area contributed by atoms with Crippen molar-refractivity contribution in [2.75, 3.05) is 17.7 Å². The monoisotopic (exact) mass is 429 g/mol. The smallest absolute Gasteiger partial charge is 0.325 e. The SMILES string of the molecule is COc1ccccc1C(=O)c1ccc(F)cc1NC(=O)Nc1nc(CC(=O)O)cs1. The van der Waals surface area contributed by atoms with Crippen LogP contribution >= 0.6 is 11.3 Å². The van der Waals surface area contributed by atoms with Crippen molar-refractivity contribution >= 4 is 39.9 Å². The number of thiazole rings is 1. The van der Waals surface area contributed by atoms with E-state index in [0.29, 0.717) is 11.4 Å². The molecule has 30 heavy (non-hydrogen) atoms. The van der Waals surface area contributed by atoms with E-state index in [1.807, 2.05) is 0 Å². The number of anilines is 2. The van der Waals surface area contributed by atoms with Crippen molar-refractivity contribution in [1.29, 1.82) is 0 Å². The number of aromatic nitrogens is 1. The highest BCUT2D eigenvalue weighted by molar-refractivity contribution is 7.14. The van der Waals surface area contributed by atoms with Crippen LogP contribution in [0.1, 0.15) is 21.6 Å². The quantitative estimate of drug-likeness (QED) is 0.492. The molecule has 2 amide bonds. The molecule has 8 nitrogen and oxygen atoms in total. The maximum atomic E-state index is 13.8. The van der Waals surface area contributed by atoms with Crippen molar-refractivity contribution in [3.05, 3.63) is 70.5 Å². The molecule has 0 atom stereocenters. The van der Waals surface area contributed by atoms with Gasteiger partial charge in [-0.15, -0.1) is 11.3 Å². The summed E-state index contributed by atoms with van der Waals surface area (Å²) in [7, 11) is 1.43. The van der Waals surface area contributed by atoms with E-state index in [1.165, 1.54) is 18.6 Å². The molecule has 0 unspecified atom stereocenters. The van der Waals surface area contributed by atoms with Crippen molar-refractivity contribution < 1.29 is 28.6 Å². The number of ether oxygens (including phenoxy) is 1. The predicted octanol–water partition coefficient (Wildman–Crippen LogP) is 3.79. The second-order valence-electron chi connectivity index (χ2n) is 6.01. The fourth-order valence-corrected chi connectivity index (χ4v) is 3.35. The minimum absolute atomic E-state index is 0.0364. The number of nitrogens with one attached hydrogen (secondary N) is 2. The van der Waals surface area contributed by atoms with Gasteiger partial charge >= 0.3 is 12.0 Å². The lowest BCUT2D eigenvalue weighted by Crippen LogP contribution is -2.21. The van der Waals surface area contributed by atoms with Gasteiger partial charge in [-0.25, -0.2) is 14.2 Å². The molecule has 1 aromatic heterocycles. The van der Waals surface area contributed by atoms with Crippen LogP contribution < -0.4 is 15.4 Å². The lowest BCUT2D eigenvalue weighted by molar-refractivity contribution is -0.136. The fraction of sp³-hybridized carbons (Fsp3) is 0.100. The van der Waals surface area contributed by atoms with Crippen LogP contribution in [-0.2, 0) is 11.2 Å². The Morgan fingerprint density at radius 2 is 1.90 bits per heavy atom. The zero-order chi connectivity index (χ0) is 21.7. The summed E-state index contributed by atoms with van der Waals surface area (Å²) in [5.74, 6) is -1.80. The number of carbonyl (C=O) groups is 3. The Morgan fingerprint density at radius 3 is 2.63 bits per heavy atom. The molecule has 0 aliphatic heterocycles. The Bertz CT molecular complexity index is 1120. The number of carbonyl (C=O) groups excluding carboxylic acids is 2. The number of rotatable bonds is 7. The lowest BCUT2D eigenvalue weighted by atomic mass is 10.0. The number of urea groups is 1. The molecule has 0 aliphatic rings. The summed E-state index contributed by atoms with van der Waals surface area (Å²) in [6, 6.07) is 9.21. The molecule has 0 fully saturated rings. The first kappa shape index (κ1) is 20.9. The average Bonchev–Trinajstić information content (AvgIpc) is 3.13. The van der Waals surface area contributed by atoms with Gasteiger partial charge in [-0.05, 0) is 30.3 Å². The standard InChI is InChI=1S/C20H16FN3O5S/c1-29-16-5-3-2-4-14(16)18(27)13-7-6-11(21)8-15(13)23-19(28)24-20-22-12(10-30-20)9-17(25)26/h2-8,10H,9H2,1H3,(H,25,26)(H2,22,23,24,28). The minimum atomic E-state index is -1.05. The number of methoxy groups -OCH3 is 1. The molecule has 0 saturated carbocycles. The molecule has 3 N–H and O–H groups in total. The molecule has 154 valence electrons. The van der Waals surface area contributed by atoms with Crippen LogP contribution in [0.4, 0.5) is 20.0 Å². The number of para-hydroxylation sites is 1. The van der Waals surface area contributed by atoms with Crippen molar-refractivity contribution in [2.24, 2.45) is 0 Å². The highest BCUT2D eigenvalue weighted by Crippen LogP contribution is 2.26. The van der Waals surface area contributed by atoms with E-state index in [1.54, 1.807) is 24.3 Å². The number of hydrogen-bond acceptors (Lipinski definition) is 6. The summed E-state index contributed by atoms with van der Waals surface area (Å²) in [5.41, 5.74) is 0.585. The largest absolute Gasteiger partial charge is 0.496 e. The molecule has 3 aromatic rings. The van der Waals surface area contributed by atoms with Gasteiger partial charge in [-0.1, -0.05) is 12.1 Å². The van der Waals surface area contributed by atoms with E-state index < -0.39 is 23.6 Å². The predicted molar refractivity (Wildman–Crippen MR) is 109 cm³/mol. The molecule has 10 heteroatoms. The van der Waals surface area contributed by atoms with E-state index in [9.17, 15) is 18.8 Å². The summed E-state index contributed by atoms with van der Waals surface area (Å²) in [5, 5.41) is 15.3. The van der Waals surface area contributed by atoms with Gasteiger partial charge in [0.1, 0.15) is 11.6 Å². The molecule has 0 aliphatic carbocycles. The van der Waals surface area contributed by atoms with E-state index in [0.717, 1.165) is 23.5 Å². The first-order valence-electron chi connectivity index (χ1n) is 8.59. The van der Waals surface area contributed by atoms with Gasteiger partial charge in [-0.3, -0.25) is 14.9 Å². The van der Waals surface area contributed by atoms with Gasteiger partial charge in [0.05, 0.1) is 30.5 Å². The summed E-state index contributed by atoms with van der Waals surface area (Å²) >= 11 is 1.04. The van der Waals surface area contributed by atoms with Crippen molar-refractivity contribution in [3.63, 3.8) is 0 Å². The van der Waals surface area contributed by atoms with Crippen LogP contribution in [0.15, 0.2) is 47.8 Å². The highest BCUT2D eigenvalue weighted by atomic mass is 32.1. The van der Waals surface area contributed by atoms with Crippen LogP contribution in [0.3, 0.4) is 0 Å². The molecule has 1 heterocycles. The Hall–Kier alpha value is -3.79. The fourth-order valence-electron chi connectivity index (χ4n) is 2.65. The van der Waals surface area contributed by atoms with Gasteiger partial charge in [0.2, 0.25) is 0 Å². The van der Waals surface area contributed by atoms with Gasteiger partial charge in [-0.2, -0.15) is 0 Å². The maximum Gasteiger partial charge on any atom is 0.325 e. The maximum absolute atomic E-state index is 13.8. The first-order valence-corrected chi connectivity index (χ1v) is 9.47. The van der Waals surface area contributed by atoms with E-state index in [2.05, 4.69) is 15.6 Å².